The van der Waals surface area contributed by atoms with Gasteiger partial charge in [0.25, 0.3) is 11.0 Å². The van der Waals surface area contributed by atoms with Gasteiger partial charge in [0.2, 0.25) is 0 Å². The highest BCUT2D eigenvalue weighted by atomic mass is 32.2. The molecule has 0 saturated heterocycles. The van der Waals surface area contributed by atoms with Crippen LogP contribution in [0.25, 0.3) is 0 Å². The van der Waals surface area contributed by atoms with Gasteiger partial charge in [0.15, 0.2) is 11.5 Å². The normalized spacial score (nSPS) is 10.3. The topological polar surface area (TPSA) is 78.9 Å². The van der Waals surface area contributed by atoms with E-state index in [-0.39, 0.29) is 6.61 Å². The number of aldehydes is 1. The Kier molecular flexibility index (Phi) is 4.92. The summed E-state index contributed by atoms with van der Waals surface area (Å²) in [4.78, 5) is 10.7. The van der Waals surface area contributed by atoms with Gasteiger partial charge >= 0.3 is 0 Å². The van der Waals surface area contributed by atoms with Crippen LogP contribution in [0, 0.1) is 0 Å². The average Bonchev–Trinajstić information content (AvgIpc) is 2.34. The molecule has 17 heavy (non-hydrogen) atoms. The standard InChI is InChI=1S/C10H12O6S/c1-14-9-4-7(5-11)3-8(10(9)15-2)6-16-17(12)13/h3-5,17H,6H2,1-2H3. The fraction of sp³-hybridized carbons (Fsp3) is 0.300. The summed E-state index contributed by atoms with van der Waals surface area (Å²) >= 11 is 0. The summed E-state index contributed by atoms with van der Waals surface area (Å²) in [5.74, 6) is 0.687. The van der Waals surface area contributed by atoms with Crippen LogP contribution < -0.4 is 9.47 Å². The molecule has 94 valence electrons. The maximum Gasteiger partial charge on any atom is 0.257 e. The van der Waals surface area contributed by atoms with Crippen LogP contribution in [0.4, 0.5) is 0 Å². The Morgan fingerprint density at radius 3 is 2.41 bits per heavy atom. The van der Waals surface area contributed by atoms with Crippen LogP contribution in [-0.2, 0) is 21.8 Å². The summed E-state index contributed by atoms with van der Waals surface area (Å²) in [7, 11) is -0.116. The van der Waals surface area contributed by atoms with E-state index >= 15 is 0 Å². The molecule has 1 aromatic carbocycles. The van der Waals surface area contributed by atoms with Crippen LogP contribution in [0.15, 0.2) is 12.1 Å². The van der Waals surface area contributed by atoms with Gasteiger partial charge in [0.05, 0.1) is 20.8 Å². The molecule has 0 heterocycles. The molecule has 0 unspecified atom stereocenters. The summed E-state index contributed by atoms with van der Waals surface area (Å²) in [5.41, 5.74) is 0.774. The molecule has 0 atom stereocenters. The third-order valence-corrected chi connectivity index (χ3v) is 2.38. The largest absolute Gasteiger partial charge is 0.493 e. The predicted molar refractivity (Wildman–Crippen MR) is 60.0 cm³/mol. The molecule has 7 heteroatoms. The second-order valence-corrected chi connectivity index (χ2v) is 3.74. The molecule has 0 amide bonds. The van der Waals surface area contributed by atoms with E-state index in [0.717, 1.165) is 0 Å². The molecule has 0 aliphatic rings. The number of benzene rings is 1. The lowest BCUT2D eigenvalue weighted by atomic mass is 10.1. The lowest BCUT2D eigenvalue weighted by Crippen LogP contribution is -2.00. The maximum atomic E-state index is 10.7. The molecule has 0 N–H and O–H groups in total. The van der Waals surface area contributed by atoms with Crippen molar-refractivity contribution in [1.82, 2.24) is 0 Å². The Labute approximate surface area is 100 Å². The molecule has 1 aromatic rings. The van der Waals surface area contributed by atoms with Crippen molar-refractivity contribution in [3.05, 3.63) is 23.3 Å². The van der Waals surface area contributed by atoms with E-state index in [1.54, 1.807) is 0 Å². The van der Waals surface area contributed by atoms with Gasteiger partial charge in [-0.25, -0.2) is 8.42 Å². The van der Waals surface area contributed by atoms with Gasteiger partial charge in [-0.2, -0.15) is 0 Å². The lowest BCUT2D eigenvalue weighted by Gasteiger charge is -2.12. The number of methoxy groups -OCH3 is 2. The SMILES string of the molecule is COc1cc(C=O)cc(CO[SH](=O)=O)c1OC. The van der Waals surface area contributed by atoms with E-state index in [1.165, 1.54) is 26.4 Å². The first kappa shape index (κ1) is 13.5. The molecule has 6 nitrogen and oxygen atoms in total. The number of carbonyl (C=O) groups excluding carboxylic acids is 1. The number of hydrogen-bond donors (Lipinski definition) is 1. The van der Waals surface area contributed by atoms with E-state index < -0.39 is 11.0 Å². The smallest absolute Gasteiger partial charge is 0.257 e. The average molecular weight is 260 g/mol. The van der Waals surface area contributed by atoms with Crippen molar-refractivity contribution in [3.8, 4) is 11.5 Å². The summed E-state index contributed by atoms with van der Waals surface area (Å²) < 4.78 is 35.3. The minimum Gasteiger partial charge on any atom is -0.493 e. The number of rotatable bonds is 6. The first-order valence-corrected chi connectivity index (χ1v) is 5.69. The zero-order chi connectivity index (χ0) is 12.8. The highest BCUT2D eigenvalue weighted by Crippen LogP contribution is 2.32. The molecule has 0 aliphatic carbocycles. The fourth-order valence-corrected chi connectivity index (χ4v) is 1.61. The Morgan fingerprint density at radius 1 is 1.24 bits per heavy atom. The van der Waals surface area contributed by atoms with Gasteiger partial charge in [-0.15, -0.1) is 0 Å². The van der Waals surface area contributed by atoms with Crippen molar-refractivity contribution in [1.29, 1.82) is 0 Å². The molecular formula is C10H12O6S. The van der Waals surface area contributed by atoms with Gasteiger partial charge < -0.3 is 9.47 Å². The molecule has 0 bridgehead atoms. The molecule has 0 fully saturated rings. The highest BCUT2D eigenvalue weighted by molar-refractivity contribution is 7.67. The fourth-order valence-electron chi connectivity index (χ4n) is 1.36. The summed E-state index contributed by atoms with van der Waals surface area (Å²) in [5, 5.41) is 0. The molecule has 0 aliphatic heterocycles. The van der Waals surface area contributed by atoms with Crippen LogP contribution >= 0.6 is 0 Å². The maximum absolute atomic E-state index is 10.7. The van der Waals surface area contributed by atoms with Gasteiger partial charge in [-0.1, -0.05) is 0 Å². The molecular weight excluding hydrogens is 248 g/mol. The summed E-state index contributed by atoms with van der Waals surface area (Å²) in [6.45, 7) is -0.208. The molecule has 0 radical (unpaired) electrons. The van der Waals surface area contributed by atoms with E-state index in [1.807, 2.05) is 0 Å². The molecule has 0 aromatic heterocycles. The van der Waals surface area contributed by atoms with E-state index in [4.69, 9.17) is 9.47 Å². The highest BCUT2D eigenvalue weighted by Gasteiger charge is 2.12. The van der Waals surface area contributed by atoms with Gasteiger partial charge in [-0.3, -0.25) is 8.98 Å². The van der Waals surface area contributed by atoms with Crippen LogP contribution in [-0.4, -0.2) is 28.9 Å². The second-order valence-electron chi connectivity index (χ2n) is 3.03. The Hall–Kier alpha value is -1.60. The van der Waals surface area contributed by atoms with E-state index in [9.17, 15) is 13.2 Å². The van der Waals surface area contributed by atoms with Crippen LogP contribution in [0.5, 0.6) is 11.5 Å². The second kappa shape index (κ2) is 6.21. The van der Waals surface area contributed by atoms with Crippen molar-refractivity contribution >= 4 is 17.3 Å². The number of carbonyl (C=O) groups is 1. The Balaban J connectivity index is 3.18. The van der Waals surface area contributed by atoms with Gasteiger partial charge in [0, 0.05) is 11.1 Å². The summed E-state index contributed by atoms with van der Waals surface area (Å²) in [6.07, 6.45) is 0.628. The number of thiol groups is 1. The monoisotopic (exact) mass is 260 g/mol. The minimum absolute atomic E-state index is 0.208. The number of hydrogen-bond acceptors (Lipinski definition) is 6. The van der Waals surface area contributed by atoms with Crippen molar-refractivity contribution in [2.45, 2.75) is 6.61 Å². The van der Waals surface area contributed by atoms with Crippen LogP contribution in [0.3, 0.4) is 0 Å². The van der Waals surface area contributed by atoms with E-state index in [0.29, 0.717) is 28.9 Å². The minimum atomic E-state index is -2.95. The molecule has 1 rings (SSSR count). The summed E-state index contributed by atoms with van der Waals surface area (Å²) in [6, 6.07) is 2.97. The zero-order valence-electron chi connectivity index (χ0n) is 9.34. The first-order chi connectivity index (χ1) is 8.12. The molecule has 0 saturated carbocycles. The molecule has 0 spiro atoms. The predicted octanol–water partition coefficient (Wildman–Crippen LogP) is 0.559. The van der Waals surface area contributed by atoms with Crippen molar-refractivity contribution in [2.75, 3.05) is 14.2 Å². The third-order valence-electron chi connectivity index (χ3n) is 2.04. The van der Waals surface area contributed by atoms with Crippen molar-refractivity contribution < 1.29 is 26.9 Å². The van der Waals surface area contributed by atoms with Gasteiger partial charge in [0.1, 0.15) is 6.29 Å². The van der Waals surface area contributed by atoms with Gasteiger partial charge in [-0.05, 0) is 12.1 Å². The van der Waals surface area contributed by atoms with Crippen LogP contribution in [0.1, 0.15) is 15.9 Å². The van der Waals surface area contributed by atoms with Crippen molar-refractivity contribution in [2.24, 2.45) is 0 Å². The van der Waals surface area contributed by atoms with Crippen LogP contribution in [0.2, 0.25) is 0 Å². The van der Waals surface area contributed by atoms with Crippen molar-refractivity contribution in [3.63, 3.8) is 0 Å². The third kappa shape index (κ3) is 3.43. The van der Waals surface area contributed by atoms with E-state index in [2.05, 4.69) is 4.18 Å². The number of ether oxygens (including phenoxy) is 2. The zero-order valence-corrected chi connectivity index (χ0v) is 10.2. The first-order valence-electron chi connectivity index (χ1n) is 4.59. The Bertz CT molecular complexity index is 472. The lowest BCUT2D eigenvalue weighted by molar-refractivity contribution is 0.112. The Morgan fingerprint density at radius 2 is 1.94 bits per heavy atom. The quantitative estimate of drug-likeness (QED) is 0.594.